The van der Waals surface area contributed by atoms with E-state index in [1.165, 1.54) is 44.1 Å². The molecular weight excluding hydrogens is 234 g/mol. The minimum absolute atomic E-state index is 0.186. The minimum Gasteiger partial charge on any atom is -0.315 e. The zero-order chi connectivity index (χ0) is 12.8. The SMILES string of the molecule is Fc1cccc(F)c1CCNCCN1CCCC1. The van der Waals surface area contributed by atoms with Gasteiger partial charge in [0, 0.05) is 18.7 Å². The summed E-state index contributed by atoms with van der Waals surface area (Å²) in [5.41, 5.74) is 0.186. The number of hydrogen-bond acceptors (Lipinski definition) is 2. The third kappa shape index (κ3) is 3.75. The van der Waals surface area contributed by atoms with Crippen LogP contribution in [0, 0.1) is 11.6 Å². The molecule has 0 bridgehead atoms. The molecule has 1 aromatic carbocycles. The van der Waals surface area contributed by atoms with Crippen LogP contribution < -0.4 is 5.32 Å². The van der Waals surface area contributed by atoms with Crippen LogP contribution in [-0.2, 0) is 6.42 Å². The van der Waals surface area contributed by atoms with Gasteiger partial charge in [-0.1, -0.05) is 6.07 Å². The summed E-state index contributed by atoms with van der Waals surface area (Å²) >= 11 is 0. The molecule has 100 valence electrons. The fraction of sp³-hybridized carbons (Fsp3) is 0.571. The summed E-state index contributed by atoms with van der Waals surface area (Å²) in [5.74, 6) is -0.896. The lowest BCUT2D eigenvalue weighted by Crippen LogP contribution is -2.31. The molecule has 2 rings (SSSR count). The lowest BCUT2D eigenvalue weighted by atomic mass is 10.1. The Labute approximate surface area is 107 Å². The molecule has 0 atom stereocenters. The number of likely N-dealkylation sites (tertiary alicyclic amines) is 1. The van der Waals surface area contributed by atoms with Crippen LogP contribution in [0.15, 0.2) is 18.2 Å². The number of rotatable bonds is 6. The van der Waals surface area contributed by atoms with E-state index in [-0.39, 0.29) is 5.56 Å². The van der Waals surface area contributed by atoms with Gasteiger partial charge in [-0.05, 0) is 51.0 Å². The third-order valence-corrected chi connectivity index (χ3v) is 3.42. The van der Waals surface area contributed by atoms with Crippen LogP contribution in [0.3, 0.4) is 0 Å². The molecule has 2 nitrogen and oxygen atoms in total. The first-order valence-corrected chi connectivity index (χ1v) is 6.63. The van der Waals surface area contributed by atoms with E-state index >= 15 is 0 Å². The highest BCUT2D eigenvalue weighted by Crippen LogP contribution is 2.12. The summed E-state index contributed by atoms with van der Waals surface area (Å²) in [6, 6.07) is 4.01. The average molecular weight is 254 g/mol. The second-order valence-electron chi connectivity index (χ2n) is 4.75. The predicted molar refractivity (Wildman–Crippen MR) is 68.6 cm³/mol. The maximum atomic E-state index is 13.3. The fourth-order valence-corrected chi connectivity index (χ4v) is 2.35. The Morgan fingerprint density at radius 3 is 2.39 bits per heavy atom. The van der Waals surface area contributed by atoms with Crippen molar-refractivity contribution in [3.8, 4) is 0 Å². The Morgan fingerprint density at radius 2 is 1.72 bits per heavy atom. The van der Waals surface area contributed by atoms with E-state index in [0.29, 0.717) is 13.0 Å². The first-order valence-electron chi connectivity index (χ1n) is 6.63. The highest BCUT2D eigenvalue weighted by atomic mass is 19.1. The van der Waals surface area contributed by atoms with Crippen molar-refractivity contribution in [3.63, 3.8) is 0 Å². The van der Waals surface area contributed by atoms with Gasteiger partial charge in [0.25, 0.3) is 0 Å². The molecule has 0 unspecified atom stereocenters. The zero-order valence-electron chi connectivity index (χ0n) is 10.6. The fourth-order valence-electron chi connectivity index (χ4n) is 2.35. The predicted octanol–water partition coefficient (Wildman–Crippen LogP) is 2.19. The summed E-state index contributed by atoms with van der Waals surface area (Å²) in [4.78, 5) is 2.41. The molecule has 0 aliphatic carbocycles. The van der Waals surface area contributed by atoms with Gasteiger partial charge >= 0.3 is 0 Å². The second kappa shape index (κ2) is 6.81. The van der Waals surface area contributed by atoms with E-state index in [0.717, 1.165) is 13.1 Å². The Balaban J connectivity index is 1.65. The maximum Gasteiger partial charge on any atom is 0.129 e. The van der Waals surface area contributed by atoms with Crippen molar-refractivity contribution in [3.05, 3.63) is 35.4 Å². The molecule has 1 aliphatic rings. The standard InChI is InChI=1S/C14H20F2N2/c15-13-4-3-5-14(16)12(13)6-7-17-8-11-18-9-1-2-10-18/h3-5,17H,1-2,6-11H2. The Bertz CT molecular complexity index is 356. The largest absolute Gasteiger partial charge is 0.315 e. The van der Waals surface area contributed by atoms with Crippen molar-refractivity contribution in [2.24, 2.45) is 0 Å². The van der Waals surface area contributed by atoms with Gasteiger partial charge in [-0.25, -0.2) is 8.78 Å². The van der Waals surface area contributed by atoms with Gasteiger partial charge in [-0.2, -0.15) is 0 Å². The van der Waals surface area contributed by atoms with Crippen LogP contribution in [-0.4, -0.2) is 37.6 Å². The Kier molecular flexibility index (Phi) is 5.08. The van der Waals surface area contributed by atoms with Crippen LogP contribution in [0.25, 0.3) is 0 Å². The molecule has 4 heteroatoms. The van der Waals surface area contributed by atoms with E-state index < -0.39 is 11.6 Å². The number of nitrogens with zero attached hydrogens (tertiary/aromatic N) is 1. The smallest absolute Gasteiger partial charge is 0.129 e. The average Bonchev–Trinajstić information content (AvgIpc) is 2.85. The molecule has 1 aromatic rings. The summed E-state index contributed by atoms with van der Waals surface area (Å²) < 4.78 is 26.7. The van der Waals surface area contributed by atoms with E-state index in [4.69, 9.17) is 0 Å². The van der Waals surface area contributed by atoms with Crippen molar-refractivity contribution in [1.29, 1.82) is 0 Å². The van der Waals surface area contributed by atoms with Crippen molar-refractivity contribution in [2.45, 2.75) is 19.3 Å². The van der Waals surface area contributed by atoms with Crippen molar-refractivity contribution >= 4 is 0 Å². The van der Waals surface area contributed by atoms with Crippen LogP contribution in [0.2, 0.25) is 0 Å². The zero-order valence-corrected chi connectivity index (χ0v) is 10.6. The first-order chi connectivity index (χ1) is 8.77. The van der Waals surface area contributed by atoms with Gasteiger partial charge in [-0.3, -0.25) is 0 Å². The summed E-state index contributed by atoms with van der Waals surface area (Å²) in [6.45, 7) is 4.90. The van der Waals surface area contributed by atoms with Crippen LogP contribution in [0.1, 0.15) is 18.4 Å². The lowest BCUT2D eigenvalue weighted by molar-refractivity contribution is 0.336. The summed E-state index contributed by atoms with van der Waals surface area (Å²) in [7, 11) is 0. The molecule has 1 N–H and O–H groups in total. The van der Waals surface area contributed by atoms with Crippen molar-refractivity contribution in [2.75, 3.05) is 32.7 Å². The highest BCUT2D eigenvalue weighted by Gasteiger charge is 2.10. The molecular formula is C14H20F2N2. The van der Waals surface area contributed by atoms with Gasteiger partial charge < -0.3 is 10.2 Å². The first kappa shape index (κ1) is 13.4. The van der Waals surface area contributed by atoms with E-state index in [1.54, 1.807) is 0 Å². The van der Waals surface area contributed by atoms with Crippen LogP contribution >= 0.6 is 0 Å². The van der Waals surface area contributed by atoms with Crippen molar-refractivity contribution in [1.82, 2.24) is 10.2 Å². The molecule has 0 saturated carbocycles. The molecule has 18 heavy (non-hydrogen) atoms. The second-order valence-corrected chi connectivity index (χ2v) is 4.75. The van der Waals surface area contributed by atoms with E-state index in [9.17, 15) is 8.78 Å². The quantitative estimate of drug-likeness (QED) is 0.783. The maximum absolute atomic E-state index is 13.3. The number of nitrogens with one attached hydrogen (secondary N) is 1. The van der Waals surface area contributed by atoms with Crippen LogP contribution in [0.4, 0.5) is 8.78 Å². The van der Waals surface area contributed by atoms with E-state index in [2.05, 4.69) is 10.2 Å². The molecule has 0 spiro atoms. The molecule has 0 amide bonds. The topological polar surface area (TPSA) is 15.3 Å². The third-order valence-electron chi connectivity index (χ3n) is 3.42. The summed E-state index contributed by atoms with van der Waals surface area (Å²) in [6.07, 6.45) is 2.99. The van der Waals surface area contributed by atoms with E-state index in [1.807, 2.05) is 0 Å². The number of halogens is 2. The molecule has 0 radical (unpaired) electrons. The number of hydrogen-bond donors (Lipinski definition) is 1. The Hall–Kier alpha value is -1.00. The Morgan fingerprint density at radius 1 is 1.06 bits per heavy atom. The van der Waals surface area contributed by atoms with Gasteiger partial charge in [0.15, 0.2) is 0 Å². The van der Waals surface area contributed by atoms with Gasteiger partial charge in [-0.15, -0.1) is 0 Å². The summed E-state index contributed by atoms with van der Waals surface area (Å²) in [5, 5.41) is 3.24. The molecule has 1 fully saturated rings. The molecule has 1 aliphatic heterocycles. The monoisotopic (exact) mass is 254 g/mol. The minimum atomic E-state index is -0.448. The van der Waals surface area contributed by atoms with Crippen molar-refractivity contribution < 1.29 is 8.78 Å². The van der Waals surface area contributed by atoms with Crippen LogP contribution in [0.5, 0.6) is 0 Å². The number of benzene rings is 1. The molecule has 1 saturated heterocycles. The molecule has 1 heterocycles. The van der Waals surface area contributed by atoms with Gasteiger partial charge in [0.1, 0.15) is 11.6 Å². The van der Waals surface area contributed by atoms with Gasteiger partial charge in [0.2, 0.25) is 0 Å². The lowest BCUT2D eigenvalue weighted by Gasteiger charge is -2.14. The highest BCUT2D eigenvalue weighted by molar-refractivity contribution is 5.19. The van der Waals surface area contributed by atoms with Gasteiger partial charge in [0.05, 0.1) is 0 Å². The molecule has 0 aromatic heterocycles. The normalized spacial score (nSPS) is 16.3.